The summed E-state index contributed by atoms with van der Waals surface area (Å²) in [5.74, 6) is 0.255. The van der Waals surface area contributed by atoms with Crippen molar-refractivity contribution in [2.75, 3.05) is 45.0 Å². The van der Waals surface area contributed by atoms with E-state index in [2.05, 4.69) is 14.9 Å². The van der Waals surface area contributed by atoms with E-state index < -0.39 is 10.0 Å². The monoisotopic (exact) mass is 321 g/mol. The van der Waals surface area contributed by atoms with Crippen LogP contribution >= 0.6 is 24.8 Å². The van der Waals surface area contributed by atoms with Crippen molar-refractivity contribution < 1.29 is 8.42 Å². The predicted molar refractivity (Wildman–Crippen MR) is 80.5 cm³/mol. The minimum atomic E-state index is -3.04. The average molecular weight is 322 g/mol. The van der Waals surface area contributed by atoms with Gasteiger partial charge in [0.1, 0.15) is 0 Å². The topological polar surface area (TPSA) is 61.4 Å². The van der Waals surface area contributed by atoms with Crippen LogP contribution in [0.4, 0.5) is 0 Å². The molecular weight excluding hydrogens is 297 g/mol. The lowest BCUT2D eigenvalue weighted by Crippen LogP contribution is -2.46. The smallest absolute Gasteiger partial charge is 0.211 e. The summed E-state index contributed by atoms with van der Waals surface area (Å²) in [5, 5.41) is 3.27. The van der Waals surface area contributed by atoms with E-state index in [9.17, 15) is 8.42 Å². The van der Waals surface area contributed by atoms with Crippen LogP contribution in [0.15, 0.2) is 0 Å². The molecular formula is C10H25Cl2N3O2S. The quantitative estimate of drug-likeness (QED) is 0.715. The number of piperazine rings is 1. The highest BCUT2D eigenvalue weighted by atomic mass is 35.5. The number of hydrogen-bond acceptors (Lipinski definition) is 4. The lowest BCUT2D eigenvalue weighted by atomic mass is 10.3. The number of unbranched alkanes of at least 4 members (excludes halogenated alkanes) is 1. The molecule has 1 fully saturated rings. The number of rotatable bonds is 7. The van der Waals surface area contributed by atoms with Crippen LogP contribution in [0.2, 0.25) is 0 Å². The second-order valence-electron chi connectivity index (χ2n) is 4.16. The van der Waals surface area contributed by atoms with Crippen molar-refractivity contribution in [1.29, 1.82) is 0 Å². The summed E-state index contributed by atoms with van der Waals surface area (Å²) < 4.78 is 25.6. The Labute approximate surface area is 123 Å². The molecule has 112 valence electrons. The van der Waals surface area contributed by atoms with Gasteiger partial charge in [0.25, 0.3) is 0 Å². The maximum absolute atomic E-state index is 11.5. The lowest BCUT2D eigenvalue weighted by Gasteiger charge is -2.27. The van der Waals surface area contributed by atoms with Crippen LogP contribution < -0.4 is 10.0 Å². The van der Waals surface area contributed by atoms with Gasteiger partial charge >= 0.3 is 0 Å². The Balaban J connectivity index is 0. The summed E-state index contributed by atoms with van der Waals surface area (Å²) in [7, 11) is -3.04. The molecule has 18 heavy (non-hydrogen) atoms. The van der Waals surface area contributed by atoms with Gasteiger partial charge in [0.15, 0.2) is 0 Å². The maximum Gasteiger partial charge on any atom is 0.211 e. The van der Waals surface area contributed by atoms with Crippen LogP contribution in [0.25, 0.3) is 0 Å². The number of hydrogen-bond donors (Lipinski definition) is 2. The molecule has 0 aliphatic carbocycles. The molecule has 0 aromatic carbocycles. The zero-order valence-electron chi connectivity index (χ0n) is 10.9. The standard InChI is InChI=1S/C10H23N3O2S.2ClH/c1-2-3-10-16(14,15)12-6-9-13-7-4-11-5-8-13;;/h11-12H,2-10H2,1H3;2*1H. The Bertz CT molecular complexity index is 283. The van der Waals surface area contributed by atoms with Crippen molar-refractivity contribution in [3.63, 3.8) is 0 Å². The van der Waals surface area contributed by atoms with E-state index in [-0.39, 0.29) is 30.6 Å². The van der Waals surface area contributed by atoms with Gasteiger partial charge < -0.3 is 5.32 Å². The van der Waals surface area contributed by atoms with Crippen molar-refractivity contribution in [3.05, 3.63) is 0 Å². The Morgan fingerprint density at radius 1 is 1.22 bits per heavy atom. The molecule has 1 saturated heterocycles. The third-order valence-corrected chi connectivity index (χ3v) is 4.20. The van der Waals surface area contributed by atoms with Crippen LogP contribution in [0.5, 0.6) is 0 Å². The summed E-state index contributed by atoms with van der Waals surface area (Å²) in [6.45, 7) is 7.37. The fraction of sp³-hybridized carbons (Fsp3) is 1.00. The molecule has 0 atom stereocenters. The molecule has 0 unspecified atom stereocenters. The minimum absolute atomic E-state index is 0. The SMILES string of the molecule is CCCCS(=O)(=O)NCCN1CCNCC1.Cl.Cl. The lowest BCUT2D eigenvalue weighted by molar-refractivity contribution is 0.245. The zero-order valence-corrected chi connectivity index (χ0v) is 13.3. The summed E-state index contributed by atoms with van der Waals surface area (Å²) in [5.41, 5.74) is 0. The molecule has 0 spiro atoms. The van der Waals surface area contributed by atoms with E-state index in [0.717, 1.165) is 45.6 Å². The van der Waals surface area contributed by atoms with Crippen molar-refractivity contribution >= 4 is 34.8 Å². The second-order valence-corrected chi connectivity index (χ2v) is 6.08. The predicted octanol–water partition coefficient (Wildman–Crippen LogP) is 0.455. The van der Waals surface area contributed by atoms with E-state index in [4.69, 9.17) is 0 Å². The molecule has 1 aliphatic heterocycles. The third kappa shape index (κ3) is 9.35. The van der Waals surface area contributed by atoms with E-state index in [0.29, 0.717) is 6.54 Å². The van der Waals surface area contributed by atoms with Crippen molar-refractivity contribution in [2.45, 2.75) is 19.8 Å². The van der Waals surface area contributed by atoms with Gasteiger partial charge in [-0.05, 0) is 6.42 Å². The van der Waals surface area contributed by atoms with Gasteiger partial charge in [-0.15, -0.1) is 24.8 Å². The van der Waals surface area contributed by atoms with Crippen LogP contribution in [-0.2, 0) is 10.0 Å². The molecule has 2 N–H and O–H groups in total. The van der Waals surface area contributed by atoms with Gasteiger partial charge in [-0.2, -0.15) is 0 Å². The molecule has 0 radical (unpaired) electrons. The summed E-state index contributed by atoms with van der Waals surface area (Å²) >= 11 is 0. The maximum atomic E-state index is 11.5. The van der Waals surface area contributed by atoms with Crippen molar-refractivity contribution in [3.8, 4) is 0 Å². The Morgan fingerprint density at radius 3 is 2.39 bits per heavy atom. The Kier molecular flexibility index (Phi) is 13.0. The molecule has 1 rings (SSSR count). The highest BCUT2D eigenvalue weighted by Crippen LogP contribution is 1.94. The van der Waals surface area contributed by atoms with Gasteiger partial charge in [-0.3, -0.25) is 4.90 Å². The largest absolute Gasteiger partial charge is 0.314 e. The first-order valence-corrected chi connectivity index (χ1v) is 7.69. The molecule has 1 aliphatic rings. The number of nitrogens with zero attached hydrogens (tertiary/aromatic N) is 1. The first-order valence-electron chi connectivity index (χ1n) is 6.04. The van der Waals surface area contributed by atoms with E-state index in [1.54, 1.807) is 0 Å². The van der Waals surface area contributed by atoms with Gasteiger partial charge in [-0.25, -0.2) is 13.1 Å². The number of sulfonamides is 1. The summed E-state index contributed by atoms with van der Waals surface area (Å²) in [6, 6.07) is 0. The Hall–Kier alpha value is 0.410. The van der Waals surface area contributed by atoms with Crippen molar-refractivity contribution in [2.24, 2.45) is 0 Å². The van der Waals surface area contributed by atoms with Gasteiger partial charge in [0, 0.05) is 39.3 Å². The number of nitrogens with one attached hydrogen (secondary N) is 2. The first-order chi connectivity index (χ1) is 7.64. The zero-order chi connectivity index (χ0) is 11.9. The van der Waals surface area contributed by atoms with Crippen LogP contribution in [0, 0.1) is 0 Å². The normalized spacial score (nSPS) is 16.7. The molecule has 8 heteroatoms. The van der Waals surface area contributed by atoms with E-state index in [1.807, 2.05) is 6.92 Å². The van der Waals surface area contributed by atoms with E-state index in [1.165, 1.54) is 0 Å². The summed E-state index contributed by atoms with van der Waals surface area (Å²) in [4.78, 5) is 2.28. The fourth-order valence-electron chi connectivity index (χ4n) is 1.70. The molecule has 5 nitrogen and oxygen atoms in total. The minimum Gasteiger partial charge on any atom is -0.314 e. The molecule has 1 heterocycles. The van der Waals surface area contributed by atoms with Gasteiger partial charge in [-0.1, -0.05) is 13.3 Å². The van der Waals surface area contributed by atoms with Crippen LogP contribution in [0.1, 0.15) is 19.8 Å². The highest BCUT2D eigenvalue weighted by molar-refractivity contribution is 7.89. The third-order valence-electron chi connectivity index (χ3n) is 2.73. The fourth-order valence-corrected chi connectivity index (χ4v) is 2.92. The summed E-state index contributed by atoms with van der Waals surface area (Å²) in [6.07, 6.45) is 1.65. The molecule has 0 aromatic rings. The van der Waals surface area contributed by atoms with Crippen LogP contribution in [0.3, 0.4) is 0 Å². The second kappa shape index (κ2) is 11.3. The molecule has 0 amide bonds. The van der Waals surface area contributed by atoms with Crippen LogP contribution in [-0.4, -0.2) is 58.3 Å². The van der Waals surface area contributed by atoms with Crippen molar-refractivity contribution in [1.82, 2.24) is 14.9 Å². The molecule has 0 saturated carbocycles. The van der Waals surface area contributed by atoms with Gasteiger partial charge in [0.2, 0.25) is 10.0 Å². The first kappa shape index (κ1) is 20.7. The number of halogens is 2. The van der Waals surface area contributed by atoms with Gasteiger partial charge in [0.05, 0.1) is 5.75 Å². The average Bonchev–Trinajstić information content (AvgIpc) is 2.28. The van der Waals surface area contributed by atoms with E-state index >= 15 is 0 Å². The molecule has 0 aromatic heterocycles. The Morgan fingerprint density at radius 2 is 1.83 bits per heavy atom. The highest BCUT2D eigenvalue weighted by Gasteiger charge is 2.11. The molecule has 0 bridgehead atoms.